The van der Waals surface area contributed by atoms with E-state index in [9.17, 15) is 9.59 Å². The lowest BCUT2D eigenvalue weighted by Crippen LogP contribution is -2.50. The Kier molecular flexibility index (Phi) is 5.64. The van der Waals surface area contributed by atoms with Crippen LogP contribution in [-0.2, 0) is 0 Å². The van der Waals surface area contributed by atoms with Crippen LogP contribution in [0.15, 0.2) is 36.5 Å². The predicted octanol–water partition coefficient (Wildman–Crippen LogP) is 3.00. The van der Waals surface area contributed by atoms with Crippen LogP contribution in [0.5, 0.6) is 5.88 Å². The number of benzene rings is 1. The summed E-state index contributed by atoms with van der Waals surface area (Å²) in [6.45, 7) is 1.71. The molecule has 0 spiro atoms. The Morgan fingerprint density at radius 1 is 1.00 bits per heavy atom. The summed E-state index contributed by atoms with van der Waals surface area (Å²) in [5.74, 6) is -0.0159. The van der Waals surface area contributed by atoms with Gasteiger partial charge in [0.2, 0.25) is 5.88 Å². The van der Waals surface area contributed by atoms with Crippen LogP contribution in [0.4, 0.5) is 0 Å². The van der Waals surface area contributed by atoms with Crippen LogP contribution in [0.2, 0.25) is 10.0 Å². The van der Waals surface area contributed by atoms with E-state index in [-0.39, 0.29) is 11.8 Å². The minimum atomic E-state index is -0.159. The summed E-state index contributed by atoms with van der Waals surface area (Å²) >= 11 is 11.9. The molecule has 1 aromatic heterocycles. The van der Waals surface area contributed by atoms with Crippen LogP contribution in [0.25, 0.3) is 0 Å². The molecule has 2 aromatic rings. The average molecular weight is 394 g/mol. The summed E-state index contributed by atoms with van der Waals surface area (Å²) in [4.78, 5) is 32.7. The number of pyridine rings is 1. The molecule has 6 nitrogen and oxygen atoms in total. The Balaban J connectivity index is 1.67. The van der Waals surface area contributed by atoms with Gasteiger partial charge < -0.3 is 14.5 Å². The summed E-state index contributed by atoms with van der Waals surface area (Å²) in [6, 6.07) is 8.14. The Morgan fingerprint density at radius 2 is 1.58 bits per heavy atom. The van der Waals surface area contributed by atoms with Gasteiger partial charge in [0.05, 0.1) is 7.11 Å². The smallest absolute Gasteiger partial charge is 0.259 e. The summed E-state index contributed by atoms with van der Waals surface area (Å²) in [7, 11) is 1.48. The van der Waals surface area contributed by atoms with Crippen LogP contribution < -0.4 is 4.74 Å². The highest BCUT2D eigenvalue weighted by molar-refractivity contribution is 6.35. The predicted molar refractivity (Wildman–Crippen MR) is 99.1 cm³/mol. The zero-order valence-corrected chi connectivity index (χ0v) is 15.6. The minimum absolute atomic E-state index is 0.152. The van der Waals surface area contributed by atoms with Gasteiger partial charge in [-0.25, -0.2) is 4.98 Å². The number of halogens is 2. The molecule has 0 N–H and O–H groups in total. The van der Waals surface area contributed by atoms with Crippen LogP contribution in [0.1, 0.15) is 20.7 Å². The molecular formula is C18H17Cl2N3O3. The number of rotatable bonds is 3. The minimum Gasteiger partial charge on any atom is -0.480 e. The number of nitrogens with zero attached hydrogens (tertiary/aromatic N) is 3. The SMILES string of the molecule is COc1ncccc1C(=O)N1CCN(C(=O)c2cc(Cl)cc(Cl)c2)CC1. The van der Waals surface area contributed by atoms with E-state index in [1.165, 1.54) is 7.11 Å². The van der Waals surface area contributed by atoms with Gasteiger partial charge >= 0.3 is 0 Å². The molecule has 0 atom stereocenters. The van der Waals surface area contributed by atoms with Gasteiger partial charge in [-0.1, -0.05) is 23.2 Å². The third-order valence-electron chi connectivity index (χ3n) is 4.16. The first kappa shape index (κ1) is 18.5. The van der Waals surface area contributed by atoms with E-state index in [4.69, 9.17) is 27.9 Å². The molecule has 0 unspecified atom stereocenters. The maximum absolute atomic E-state index is 12.7. The first-order valence-electron chi connectivity index (χ1n) is 8.03. The number of hydrogen-bond donors (Lipinski definition) is 0. The van der Waals surface area contributed by atoms with Crippen molar-refractivity contribution < 1.29 is 14.3 Å². The number of hydrogen-bond acceptors (Lipinski definition) is 4. The zero-order chi connectivity index (χ0) is 18.7. The van der Waals surface area contributed by atoms with E-state index >= 15 is 0 Å². The van der Waals surface area contributed by atoms with Gasteiger partial charge in [0.25, 0.3) is 11.8 Å². The Hall–Kier alpha value is -2.31. The topological polar surface area (TPSA) is 62.7 Å². The largest absolute Gasteiger partial charge is 0.480 e. The van der Waals surface area contributed by atoms with Crippen LogP contribution in [-0.4, -0.2) is 59.9 Å². The molecule has 1 aromatic carbocycles. The van der Waals surface area contributed by atoms with Crippen molar-refractivity contribution >= 4 is 35.0 Å². The first-order chi connectivity index (χ1) is 12.5. The Labute approximate surface area is 161 Å². The molecule has 1 saturated heterocycles. The standard InChI is InChI=1S/C18H17Cl2N3O3/c1-26-16-15(3-2-4-21-16)18(25)23-7-5-22(6-8-23)17(24)12-9-13(19)11-14(20)10-12/h2-4,9-11H,5-8H2,1H3. The Morgan fingerprint density at radius 3 is 2.15 bits per heavy atom. The quantitative estimate of drug-likeness (QED) is 0.803. The fraction of sp³-hybridized carbons (Fsp3) is 0.278. The third kappa shape index (κ3) is 3.92. The van der Waals surface area contributed by atoms with Crippen molar-refractivity contribution in [3.05, 3.63) is 57.7 Å². The normalized spacial score (nSPS) is 14.3. The number of carbonyl (C=O) groups excluding carboxylic acids is 2. The van der Waals surface area contributed by atoms with Crippen molar-refractivity contribution in [2.24, 2.45) is 0 Å². The lowest BCUT2D eigenvalue weighted by atomic mass is 10.1. The number of piperazine rings is 1. The van der Waals surface area contributed by atoms with E-state index in [1.807, 2.05) is 0 Å². The molecular weight excluding hydrogens is 377 g/mol. The molecule has 0 radical (unpaired) electrons. The second-order valence-electron chi connectivity index (χ2n) is 5.80. The van der Waals surface area contributed by atoms with Crippen molar-refractivity contribution in [1.82, 2.24) is 14.8 Å². The summed E-state index contributed by atoms with van der Waals surface area (Å²) < 4.78 is 5.15. The molecule has 3 rings (SSSR count). The number of methoxy groups -OCH3 is 1. The second-order valence-corrected chi connectivity index (χ2v) is 6.68. The monoisotopic (exact) mass is 393 g/mol. The molecule has 2 amide bonds. The molecule has 1 fully saturated rings. The van der Waals surface area contributed by atoms with Gasteiger partial charge in [0.1, 0.15) is 5.56 Å². The molecule has 8 heteroatoms. The molecule has 2 heterocycles. The third-order valence-corrected chi connectivity index (χ3v) is 4.59. The second kappa shape index (κ2) is 7.93. The van der Waals surface area contributed by atoms with Gasteiger partial charge in [-0.15, -0.1) is 0 Å². The van der Waals surface area contributed by atoms with Gasteiger partial charge in [-0.05, 0) is 30.3 Å². The van der Waals surface area contributed by atoms with E-state index in [2.05, 4.69) is 4.98 Å². The van der Waals surface area contributed by atoms with Crippen molar-refractivity contribution in [1.29, 1.82) is 0 Å². The molecule has 136 valence electrons. The lowest BCUT2D eigenvalue weighted by molar-refractivity contribution is 0.0533. The number of aromatic nitrogens is 1. The molecule has 1 aliphatic rings. The molecule has 0 aliphatic carbocycles. The van der Waals surface area contributed by atoms with Gasteiger partial charge in [-0.2, -0.15) is 0 Å². The van der Waals surface area contributed by atoms with Crippen molar-refractivity contribution in [2.75, 3.05) is 33.3 Å². The van der Waals surface area contributed by atoms with Gasteiger partial charge in [0, 0.05) is 48.0 Å². The van der Waals surface area contributed by atoms with E-state index < -0.39 is 0 Å². The Bertz CT molecular complexity index is 816. The van der Waals surface area contributed by atoms with Crippen molar-refractivity contribution in [3.8, 4) is 5.88 Å². The molecule has 1 aliphatic heterocycles. The fourth-order valence-electron chi connectivity index (χ4n) is 2.86. The molecule has 0 bridgehead atoms. The summed E-state index contributed by atoms with van der Waals surface area (Å²) in [5, 5.41) is 0.830. The van der Waals surface area contributed by atoms with Crippen LogP contribution >= 0.6 is 23.2 Å². The van der Waals surface area contributed by atoms with Crippen LogP contribution in [0, 0.1) is 0 Å². The molecule has 0 saturated carbocycles. The zero-order valence-electron chi connectivity index (χ0n) is 14.1. The van der Waals surface area contributed by atoms with Gasteiger partial charge in [0.15, 0.2) is 0 Å². The maximum Gasteiger partial charge on any atom is 0.259 e. The lowest BCUT2D eigenvalue weighted by Gasteiger charge is -2.35. The highest BCUT2D eigenvalue weighted by atomic mass is 35.5. The average Bonchev–Trinajstić information content (AvgIpc) is 2.66. The fourth-order valence-corrected chi connectivity index (χ4v) is 3.39. The summed E-state index contributed by atoms with van der Waals surface area (Å²) in [6.07, 6.45) is 1.57. The van der Waals surface area contributed by atoms with Crippen LogP contribution in [0.3, 0.4) is 0 Å². The van der Waals surface area contributed by atoms with Gasteiger partial charge in [-0.3, -0.25) is 9.59 Å². The highest BCUT2D eigenvalue weighted by Gasteiger charge is 2.27. The van der Waals surface area contributed by atoms with E-state index in [0.29, 0.717) is 53.2 Å². The highest BCUT2D eigenvalue weighted by Crippen LogP contribution is 2.21. The maximum atomic E-state index is 12.7. The number of ether oxygens (including phenoxy) is 1. The van der Waals surface area contributed by atoms with E-state index in [0.717, 1.165) is 0 Å². The van der Waals surface area contributed by atoms with Crippen molar-refractivity contribution in [3.63, 3.8) is 0 Å². The van der Waals surface area contributed by atoms with Crippen molar-refractivity contribution in [2.45, 2.75) is 0 Å². The summed E-state index contributed by atoms with van der Waals surface area (Å²) in [5.41, 5.74) is 0.854. The first-order valence-corrected chi connectivity index (χ1v) is 8.79. The van der Waals surface area contributed by atoms with E-state index in [1.54, 1.807) is 46.3 Å². The number of carbonyl (C=O) groups is 2. The molecule has 26 heavy (non-hydrogen) atoms. The number of amides is 2.